The van der Waals surface area contributed by atoms with Gasteiger partial charge in [0.25, 0.3) is 0 Å². The quantitative estimate of drug-likeness (QED) is 0.789. The molecular formula is C16H24ClN3O2S. The average molecular weight is 358 g/mol. The molecule has 128 valence electrons. The molecule has 2 rings (SSSR count). The molecule has 0 radical (unpaired) electrons. The van der Waals surface area contributed by atoms with Crippen LogP contribution < -0.4 is 10.2 Å². The summed E-state index contributed by atoms with van der Waals surface area (Å²) in [5.74, 6) is -0.168. The zero-order valence-electron chi connectivity index (χ0n) is 13.7. The number of halogens is 1. The molecule has 0 saturated carbocycles. The van der Waals surface area contributed by atoms with Crippen LogP contribution in [0.4, 0.5) is 5.69 Å². The fourth-order valence-electron chi connectivity index (χ4n) is 2.59. The minimum Gasteiger partial charge on any atom is -0.344 e. The van der Waals surface area contributed by atoms with E-state index in [1.165, 1.54) is 0 Å². The molecule has 1 N–H and O–H groups in total. The number of rotatable bonds is 6. The number of carbonyl (C=O) groups excluding carboxylic acids is 2. The van der Waals surface area contributed by atoms with Gasteiger partial charge in [0.15, 0.2) is 0 Å². The van der Waals surface area contributed by atoms with Crippen molar-refractivity contribution in [3.05, 3.63) is 24.3 Å². The molecule has 5 nitrogen and oxygen atoms in total. The van der Waals surface area contributed by atoms with Gasteiger partial charge < -0.3 is 15.1 Å². The lowest BCUT2D eigenvalue weighted by atomic mass is 10.1. The highest BCUT2D eigenvalue weighted by atomic mass is 35.5. The van der Waals surface area contributed by atoms with Crippen molar-refractivity contribution >= 4 is 41.7 Å². The first-order chi connectivity index (χ1) is 10.6. The van der Waals surface area contributed by atoms with Gasteiger partial charge in [-0.2, -0.15) is 0 Å². The Kier molecular flexibility index (Phi) is 7.88. The molecular weight excluding hydrogens is 334 g/mol. The molecule has 1 aromatic rings. The number of hydrogen-bond acceptors (Lipinski definition) is 4. The summed E-state index contributed by atoms with van der Waals surface area (Å²) in [7, 11) is 3.65. The van der Waals surface area contributed by atoms with Crippen LogP contribution in [-0.4, -0.2) is 56.7 Å². The molecule has 1 aliphatic heterocycles. The fourth-order valence-corrected chi connectivity index (χ4v) is 2.99. The third-order valence-electron chi connectivity index (χ3n) is 3.93. The van der Waals surface area contributed by atoms with E-state index in [0.717, 1.165) is 17.1 Å². The Morgan fingerprint density at radius 1 is 1.39 bits per heavy atom. The van der Waals surface area contributed by atoms with Crippen LogP contribution in [0, 0.1) is 5.92 Å². The van der Waals surface area contributed by atoms with E-state index in [9.17, 15) is 9.59 Å². The van der Waals surface area contributed by atoms with Crippen LogP contribution in [-0.2, 0) is 9.59 Å². The SMILES string of the molecule is CNCCN(C)C(=O)C1CC(=O)N(c2ccc(SC)cc2)C1.Cl. The van der Waals surface area contributed by atoms with Crippen LogP contribution in [0.1, 0.15) is 6.42 Å². The minimum atomic E-state index is -0.241. The fraction of sp³-hybridized carbons (Fsp3) is 0.500. The Morgan fingerprint density at radius 2 is 2.04 bits per heavy atom. The highest BCUT2D eigenvalue weighted by Crippen LogP contribution is 2.27. The molecule has 1 saturated heterocycles. The highest BCUT2D eigenvalue weighted by Gasteiger charge is 2.36. The van der Waals surface area contributed by atoms with Gasteiger partial charge in [-0.05, 0) is 37.6 Å². The maximum absolute atomic E-state index is 12.4. The molecule has 1 atom stereocenters. The predicted octanol–water partition coefficient (Wildman–Crippen LogP) is 1.86. The second-order valence-corrected chi connectivity index (χ2v) is 6.35. The van der Waals surface area contributed by atoms with Crippen molar-refractivity contribution in [2.75, 3.05) is 44.9 Å². The lowest BCUT2D eigenvalue weighted by Crippen LogP contribution is -2.38. The molecule has 1 fully saturated rings. The van der Waals surface area contributed by atoms with E-state index in [4.69, 9.17) is 0 Å². The number of hydrogen-bond donors (Lipinski definition) is 1. The normalized spacial score (nSPS) is 17.1. The van der Waals surface area contributed by atoms with Crippen LogP contribution in [0.5, 0.6) is 0 Å². The average Bonchev–Trinajstić information content (AvgIpc) is 2.93. The zero-order valence-corrected chi connectivity index (χ0v) is 15.4. The van der Waals surface area contributed by atoms with Gasteiger partial charge in [-0.25, -0.2) is 0 Å². The smallest absolute Gasteiger partial charge is 0.227 e. The van der Waals surface area contributed by atoms with E-state index < -0.39 is 0 Å². The number of nitrogens with zero attached hydrogens (tertiary/aromatic N) is 2. The lowest BCUT2D eigenvalue weighted by Gasteiger charge is -2.21. The first kappa shape index (κ1) is 19.8. The summed E-state index contributed by atoms with van der Waals surface area (Å²) in [6.45, 7) is 1.88. The summed E-state index contributed by atoms with van der Waals surface area (Å²) < 4.78 is 0. The van der Waals surface area contributed by atoms with Crippen molar-refractivity contribution in [2.45, 2.75) is 11.3 Å². The molecule has 0 aliphatic carbocycles. The molecule has 23 heavy (non-hydrogen) atoms. The summed E-state index contributed by atoms with van der Waals surface area (Å²) >= 11 is 1.67. The van der Waals surface area contributed by atoms with E-state index in [1.54, 1.807) is 28.6 Å². The van der Waals surface area contributed by atoms with Gasteiger partial charge in [-0.3, -0.25) is 9.59 Å². The third-order valence-corrected chi connectivity index (χ3v) is 4.68. The largest absolute Gasteiger partial charge is 0.344 e. The number of amides is 2. The van der Waals surface area contributed by atoms with Crippen molar-refractivity contribution in [1.82, 2.24) is 10.2 Å². The van der Waals surface area contributed by atoms with E-state index in [-0.39, 0.29) is 30.1 Å². The van der Waals surface area contributed by atoms with Gasteiger partial charge in [0, 0.05) is 43.7 Å². The summed E-state index contributed by atoms with van der Waals surface area (Å²) in [5.41, 5.74) is 0.871. The first-order valence-electron chi connectivity index (χ1n) is 7.40. The van der Waals surface area contributed by atoms with Gasteiger partial charge >= 0.3 is 0 Å². The zero-order chi connectivity index (χ0) is 16.1. The Hall–Kier alpha value is -1.24. The maximum atomic E-state index is 12.4. The first-order valence-corrected chi connectivity index (χ1v) is 8.63. The second kappa shape index (κ2) is 9.15. The van der Waals surface area contributed by atoms with Crippen molar-refractivity contribution in [3.63, 3.8) is 0 Å². The van der Waals surface area contributed by atoms with Crippen molar-refractivity contribution in [2.24, 2.45) is 5.92 Å². The van der Waals surface area contributed by atoms with Gasteiger partial charge in [-0.15, -0.1) is 24.2 Å². The molecule has 0 spiro atoms. The minimum absolute atomic E-state index is 0. The molecule has 1 aromatic carbocycles. The van der Waals surface area contributed by atoms with Crippen molar-refractivity contribution in [1.29, 1.82) is 0 Å². The number of nitrogens with one attached hydrogen (secondary N) is 1. The van der Waals surface area contributed by atoms with Gasteiger partial charge in [0.2, 0.25) is 11.8 Å². The maximum Gasteiger partial charge on any atom is 0.227 e. The molecule has 1 unspecified atom stereocenters. The summed E-state index contributed by atoms with van der Waals surface area (Å²) in [4.78, 5) is 29.2. The second-order valence-electron chi connectivity index (χ2n) is 5.47. The monoisotopic (exact) mass is 357 g/mol. The molecule has 7 heteroatoms. The Balaban J connectivity index is 0.00000264. The topological polar surface area (TPSA) is 52.7 Å². The van der Waals surface area contributed by atoms with Gasteiger partial charge in [0.05, 0.1) is 5.92 Å². The molecule has 1 heterocycles. The molecule has 0 aromatic heterocycles. The van der Waals surface area contributed by atoms with Gasteiger partial charge in [-0.1, -0.05) is 0 Å². The molecule has 1 aliphatic rings. The van der Waals surface area contributed by atoms with E-state index in [0.29, 0.717) is 19.5 Å². The number of carbonyl (C=O) groups is 2. The number of benzene rings is 1. The molecule has 2 amide bonds. The van der Waals surface area contributed by atoms with E-state index >= 15 is 0 Å². The molecule has 0 bridgehead atoms. The van der Waals surface area contributed by atoms with Gasteiger partial charge in [0.1, 0.15) is 0 Å². The van der Waals surface area contributed by atoms with Crippen molar-refractivity contribution < 1.29 is 9.59 Å². The lowest BCUT2D eigenvalue weighted by molar-refractivity contribution is -0.134. The van der Waals surface area contributed by atoms with Crippen molar-refractivity contribution in [3.8, 4) is 0 Å². The van der Waals surface area contributed by atoms with Crippen LogP contribution in [0.25, 0.3) is 0 Å². The van der Waals surface area contributed by atoms with Crippen LogP contribution >= 0.6 is 24.2 Å². The standard InChI is InChI=1S/C16H23N3O2S.ClH/c1-17-8-9-18(2)16(21)12-10-15(20)19(11-12)13-4-6-14(22-3)7-5-13;/h4-7,12,17H,8-11H2,1-3H3;1H. The Labute approximate surface area is 148 Å². The van der Waals surface area contributed by atoms with E-state index in [1.807, 2.05) is 37.6 Å². The van der Waals surface area contributed by atoms with E-state index in [2.05, 4.69) is 5.32 Å². The number of anilines is 1. The number of thioether (sulfide) groups is 1. The van der Waals surface area contributed by atoms with Crippen LogP contribution in [0.3, 0.4) is 0 Å². The third kappa shape index (κ3) is 4.86. The summed E-state index contributed by atoms with van der Waals surface area (Å²) in [5, 5.41) is 3.03. The predicted molar refractivity (Wildman–Crippen MR) is 97.5 cm³/mol. The van der Waals surface area contributed by atoms with Crippen LogP contribution in [0.15, 0.2) is 29.2 Å². The summed E-state index contributed by atoms with van der Waals surface area (Å²) in [6.07, 6.45) is 2.32. The van der Waals surface area contributed by atoms with Crippen LogP contribution in [0.2, 0.25) is 0 Å². The Morgan fingerprint density at radius 3 is 2.61 bits per heavy atom. The highest BCUT2D eigenvalue weighted by molar-refractivity contribution is 7.98. The summed E-state index contributed by atoms with van der Waals surface area (Å²) in [6, 6.07) is 7.89. The number of likely N-dealkylation sites (N-methyl/N-ethyl adjacent to an activating group) is 2. The Bertz CT molecular complexity index is 539.